The summed E-state index contributed by atoms with van der Waals surface area (Å²) in [6, 6.07) is 13.6. The maximum absolute atomic E-state index is 12.9. The molecule has 1 aliphatic heterocycles. The SMILES string of the molecule is CCS(=O)(=O)c1ccc(C(=O)N2CSCC2C(=O)Nc2ccc(C#N)cc2)cc1. The highest BCUT2D eigenvalue weighted by molar-refractivity contribution is 7.99. The number of rotatable bonds is 5. The third-order valence-electron chi connectivity index (χ3n) is 4.57. The van der Waals surface area contributed by atoms with Gasteiger partial charge < -0.3 is 10.2 Å². The van der Waals surface area contributed by atoms with E-state index in [0.29, 0.717) is 28.4 Å². The van der Waals surface area contributed by atoms with Gasteiger partial charge in [0, 0.05) is 17.0 Å². The summed E-state index contributed by atoms with van der Waals surface area (Å²) in [5.74, 6) is 0.199. The van der Waals surface area contributed by atoms with Gasteiger partial charge in [-0.05, 0) is 48.5 Å². The summed E-state index contributed by atoms with van der Waals surface area (Å²) in [6.45, 7) is 1.56. The van der Waals surface area contributed by atoms with Gasteiger partial charge >= 0.3 is 0 Å². The molecule has 1 N–H and O–H groups in total. The maximum Gasteiger partial charge on any atom is 0.255 e. The standard InChI is InChI=1S/C20H19N3O4S2/c1-2-29(26,27)17-9-5-15(6-10-17)20(25)23-13-28-12-18(23)19(24)22-16-7-3-14(11-21)4-8-16/h3-10,18H,2,12-13H2,1H3,(H,22,24). The Bertz CT molecular complexity index is 1060. The van der Waals surface area contributed by atoms with Crippen LogP contribution in [-0.4, -0.2) is 48.6 Å². The Morgan fingerprint density at radius 2 is 1.83 bits per heavy atom. The van der Waals surface area contributed by atoms with Gasteiger partial charge in [0.15, 0.2) is 9.84 Å². The largest absolute Gasteiger partial charge is 0.324 e. The summed E-state index contributed by atoms with van der Waals surface area (Å²) in [4.78, 5) is 27.2. The summed E-state index contributed by atoms with van der Waals surface area (Å²) in [6.07, 6.45) is 0. The van der Waals surface area contributed by atoms with E-state index in [4.69, 9.17) is 5.26 Å². The lowest BCUT2D eigenvalue weighted by Gasteiger charge is -2.23. The summed E-state index contributed by atoms with van der Waals surface area (Å²) in [5, 5.41) is 11.6. The van der Waals surface area contributed by atoms with Crippen LogP contribution in [0.3, 0.4) is 0 Å². The molecule has 0 aliphatic carbocycles. The Morgan fingerprint density at radius 1 is 1.17 bits per heavy atom. The van der Waals surface area contributed by atoms with Crippen LogP contribution >= 0.6 is 11.8 Å². The first-order valence-electron chi connectivity index (χ1n) is 8.88. The maximum atomic E-state index is 12.9. The molecule has 9 heteroatoms. The Labute approximate surface area is 173 Å². The van der Waals surface area contributed by atoms with Crippen LogP contribution in [0, 0.1) is 11.3 Å². The molecule has 7 nitrogen and oxygen atoms in total. The molecule has 0 radical (unpaired) electrons. The monoisotopic (exact) mass is 429 g/mol. The van der Waals surface area contributed by atoms with Crippen LogP contribution < -0.4 is 5.32 Å². The molecule has 2 aromatic rings. The van der Waals surface area contributed by atoms with Crippen LogP contribution in [0.2, 0.25) is 0 Å². The number of anilines is 1. The molecule has 0 spiro atoms. The van der Waals surface area contributed by atoms with Gasteiger partial charge in [0.1, 0.15) is 6.04 Å². The van der Waals surface area contributed by atoms with E-state index in [1.54, 1.807) is 31.2 Å². The van der Waals surface area contributed by atoms with Crippen molar-refractivity contribution in [3.05, 3.63) is 59.7 Å². The fourth-order valence-electron chi connectivity index (χ4n) is 2.85. The number of amides is 2. The average molecular weight is 430 g/mol. The smallest absolute Gasteiger partial charge is 0.255 e. The van der Waals surface area contributed by atoms with Crippen molar-refractivity contribution in [2.45, 2.75) is 17.9 Å². The number of carbonyl (C=O) groups is 2. The zero-order valence-electron chi connectivity index (χ0n) is 15.7. The van der Waals surface area contributed by atoms with E-state index < -0.39 is 15.9 Å². The average Bonchev–Trinajstić information content (AvgIpc) is 3.24. The van der Waals surface area contributed by atoms with Gasteiger partial charge in [-0.1, -0.05) is 6.92 Å². The van der Waals surface area contributed by atoms with Crippen LogP contribution in [0.1, 0.15) is 22.8 Å². The van der Waals surface area contributed by atoms with E-state index in [1.165, 1.54) is 40.9 Å². The summed E-state index contributed by atoms with van der Waals surface area (Å²) in [7, 11) is -3.34. The fraction of sp³-hybridized carbons (Fsp3) is 0.250. The Morgan fingerprint density at radius 3 is 2.41 bits per heavy atom. The second-order valence-corrected chi connectivity index (χ2v) is 9.67. The molecule has 1 aliphatic rings. The topological polar surface area (TPSA) is 107 Å². The third kappa shape index (κ3) is 4.60. The van der Waals surface area contributed by atoms with Crippen LogP contribution in [0.4, 0.5) is 5.69 Å². The van der Waals surface area contributed by atoms with Crippen molar-refractivity contribution in [2.75, 3.05) is 22.7 Å². The number of nitrogens with zero attached hydrogens (tertiary/aromatic N) is 2. The van der Waals surface area contributed by atoms with E-state index in [0.717, 1.165) is 0 Å². The number of nitrogens with one attached hydrogen (secondary N) is 1. The lowest BCUT2D eigenvalue weighted by molar-refractivity contribution is -0.119. The van der Waals surface area contributed by atoms with E-state index in [9.17, 15) is 18.0 Å². The zero-order chi connectivity index (χ0) is 21.0. The van der Waals surface area contributed by atoms with Crippen molar-refractivity contribution in [1.29, 1.82) is 5.26 Å². The van der Waals surface area contributed by atoms with Gasteiger partial charge in [-0.2, -0.15) is 5.26 Å². The zero-order valence-corrected chi connectivity index (χ0v) is 17.3. The summed E-state index contributed by atoms with van der Waals surface area (Å²) < 4.78 is 23.8. The van der Waals surface area contributed by atoms with Crippen molar-refractivity contribution < 1.29 is 18.0 Å². The Balaban J connectivity index is 1.73. The van der Waals surface area contributed by atoms with Gasteiger partial charge in [-0.3, -0.25) is 9.59 Å². The van der Waals surface area contributed by atoms with E-state index in [2.05, 4.69) is 5.32 Å². The molecule has 1 saturated heterocycles. The first kappa shape index (κ1) is 20.9. The molecule has 2 aromatic carbocycles. The molecule has 2 amide bonds. The van der Waals surface area contributed by atoms with E-state index in [1.807, 2.05) is 6.07 Å². The number of nitriles is 1. The van der Waals surface area contributed by atoms with Crippen molar-refractivity contribution in [3.63, 3.8) is 0 Å². The van der Waals surface area contributed by atoms with E-state index >= 15 is 0 Å². The first-order valence-corrected chi connectivity index (χ1v) is 11.7. The molecule has 0 bridgehead atoms. The van der Waals surface area contributed by atoms with Crippen LogP contribution in [0.15, 0.2) is 53.4 Å². The number of hydrogen-bond acceptors (Lipinski definition) is 6. The highest BCUT2D eigenvalue weighted by Crippen LogP contribution is 2.25. The molecule has 1 fully saturated rings. The predicted octanol–water partition coefficient (Wildman–Crippen LogP) is 2.51. The predicted molar refractivity (Wildman–Crippen MR) is 111 cm³/mol. The van der Waals surface area contributed by atoms with Crippen molar-refractivity contribution in [1.82, 2.24) is 4.90 Å². The molecule has 150 valence electrons. The quantitative estimate of drug-likeness (QED) is 0.783. The molecule has 3 rings (SSSR count). The summed E-state index contributed by atoms with van der Waals surface area (Å²) in [5.41, 5.74) is 1.37. The molecular weight excluding hydrogens is 410 g/mol. The number of carbonyl (C=O) groups excluding carboxylic acids is 2. The Kier molecular flexibility index (Phi) is 6.25. The highest BCUT2D eigenvalue weighted by atomic mass is 32.2. The van der Waals surface area contributed by atoms with E-state index in [-0.39, 0.29) is 22.5 Å². The molecule has 1 unspecified atom stereocenters. The van der Waals surface area contributed by atoms with Crippen molar-refractivity contribution >= 4 is 39.1 Å². The number of thioether (sulfide) groups is 1. The molecule has 1 atom stereocenters. The van der Waals surface area contributed by atoms with Crippen LogP contribution in [-0.2, 0) is 14.6 Å². The minimum absolute atomic E-state index is 0.0132. The molecule has 0 aromatic heterocycles. The third-order valence-corrected chi connectivity index (χ3v) is 7.33. The van der Waals surface area contributed by atoms with Gasteiger partial charge in [-0.25, -0.2) is 8.42 Å². The van der Waals surface area contributed by atoms with Gasteiger partial charge in [0.05, 0.1) is 28.2 Å². The lowest BCUT2D eigenvalue weighted by Crippen LogP contribution is -2.44. The van der Waals surface area contributed by atoms with Gasteiger partial charge in [0.2, 0.25) is 5.91 Å². The number of sulfone groups is 1. The highest BCUT2D eigenvalue weighted by Gasteiger charge is 2.35. The fourth-order valence-corrected chi connectivity index (χ4v) is 4.89. The molecular formula is C20H19N3O4S2. The van der Waals surface area contributed by atoms with Crippen molar-refractivity contribution in [3.8, 4) is 6.07 Å². The summed E-state index contributed by atoms with van der Waals surface area (Å²) >= 11 is 1.47. The number of benzene rings is 2. The second-order valence-electron chi connectivity index (χ2n) is 6.40. The van der Waals surface area contributed by atoms with Crippen LogP contribution in [0.5, 0.6) is 0 Å². The molecule has 0 saturated carbocycles. The second kappa shape index (κ2) is 8.68. The molecule has 29 heavy (non-hydrogen) atoms. The van der Waals surface area contributed by atoms with Crippen molar-refractivity contribution in [2.24, 2.45) is 0 Å². The first-order chi connectivity index (χ1) is 13.9. The van der Waals surface area contributed by atoms with Gasteiger partial charge in [-0.15, -0.1) is 11.8 Å². The minimum Gasteiger partial charge on any atom is -0.324 e. The van der Waals surface area contributed by atoms with Gasteiger partial charge in [0.25, 0.3) is 5.91 Å². The van der Waals surface area contributed by atoms with Crippen LogP contribution in [0.25, 0.3) is 0 Å². The molecule has 1 heterocycles. The normalized spacial score (nSPS) is 16.3. The lowest BCUT2D eigenvalue weighted by atomic mass is 10.1. The Hall–Kier alpha value is -2.83. The number of hydrogen-bond donors (Lipinski definition) is 1. The minimum atomic E-state index is -3.34.